The zero-order valence-corrected chi connectivity index (χ0v) is 17.7. The monoisotopic (exact) mass is 411 g/mol. The summed E-state index contributed by atoms with van der Waals surface area (Å²) in [6.07, 6.45) is 0. The van der Waals surface area contributed by atoms with Crippen molar-refractivity contribution in [1.82, 2.24) is 9.29 Å². The molecule has 0 saturated carbocycles. The minimum absolute atomic E-state index is 0.230. The number of methoxy groups -OCH3 is 1. The first kappa shape index (κ1) is 19.7. The van der Waals surface area contributed by atoms with Crippen molar-refractivity contribution in [2.24, 2.45) is 0 Å². The molecule has 1 aromatic heterocycles. The first-order valence-corrected chi connectivity index (χ1v) is 11.1. The van der Waals surface area contributed by atoms with E-state index >= 15 is 0 Å². The minimum atomic E-state index is -3.61. The third kappa shape index (κ3) is 3.68. The van der Waals surface area contributed by atoms with Crippen molar-refractivity contribution in [3.05, 3.63) is 59.7 Å². The number of anilines is 1. The lowest BCUT2D eigenvalue weighted by molar-refractivity contribution is 0.373. The van der Waals surface area contributed by atoms with Crippen LogP contribution in [-0.4, -0.2) is 51.0 Å². The molecule has 0 bridgehead atoms. The van der Waals surface area contributed by atoms with Gasteiger partial charge in [-0.3, -0.25) is 0 Å². The molecule has 1 saturated heterocycles. The maximum atomic E-state index is 13.2. The molecule has 0 amide bonds. The number of piperazine rings is 1. The summed E-state index contributed by atoms with van der Waals surface area (Å²) in [7, 11) is -2.12. The molecule has 2 aromatic carbocycles. The van der Waals surface area contributed by atoms with E-state index in [1.807, 2.05) is 31.2 Å². The molecule has 0 radical (unpaired) electrons. The van der Waals surface area contributed by atoms with E-state index in [4.69, 9.17) is 9.72 Å². The molecule has 3 aromatic rings. The molecule has 152 valence electrons. The second-order valence-electron chi connectivity index (χ2n) is 7.36. The molecule has 2 heterocycles. The van der Waals surface area contributed by atoms with Gasteiger partial charge < -0.3 is 9.64 Å². The molecule has 1 aliphatic rings. The maximum Gasteiger partial charge on any atom is 0.246 e. The summed E-state index contributed by atoms with van der Waals surface area (Å²) < 4.78 is 33.2. The molecule has 4 rings (SSSR count). The standard InChI is InChI=1S/C22H25N3O3S/c1-16-8-9-20(28-3)21(14-16)29(26,27)25-12-10-24(11-13-25)22-15-17(2)18-6-4-5-7-19(18)23-22/h4-9,14-15H,10-13H2,1-3H3. The van der Waals surface area contributed by atoms with Crippen molar-refractivity contribution in [2.45, 2.75) is 18.7 Å². The van der Waals surface area contributed by atoms with Gasteiger partial charge in [-0.25, -0.2) is 13.4 Å². The van der Waals surface area contributed by atoms with Gasteiger partial charge in [0.25, 0.3) is 0 Å². The van der Waals surface area contributed by atoms with Crippen LogP contribution >= 0.6 is 0 Å². The van der Waals surface area contributed by atoms with Crippen LogP contribution in [0.5, 0.6) is 5.75 Å². The Labute approximate surface area is 171 Å². The van der Waals surface area contributed by atoms with Crippen molar-refractivity contribution in [3.63, 3.8) is 0 Å². The van der Waals surface area contributed by atoms with Gasteiger partial charge in [-0.05, 0) is 49.2 Å². The molecule has 0 N–H and O–H groups in total. The number of rotatable bonds is 4. The van der Waals surface area contributed by atoms with Crippen LogP contribution in [0.25, 0.3) is 10.9 Å². The summed E-state index contributed by atoms with van der Waals surface area (Å²) >= 11 is 0. The second-order valence-corrected chi connectivity index (χ2v) is 9.27. The van der Waals surface area contributed by atoms with Crippen LogP contribution in [0.3, 0.4) is 0 Å². The van der Waals surface area contributed by atoms with E-state index in [2.05, 4.69) is 24.0 Å². The Hall–Kier alpha value is -2.64. The lowest BCUT2D eigenvalue weighted by atomic mass is 10.1. The normalized spacial score (nSPS) is 15.6. The molecule has 6 nitrogen and oxygen atoms in total. The number of aryl methyl sites for hydroxylation is 2. The summed E-state index contributed by atoms with van der Waals surface area (Å²) in [5.41, 5.74) is 3.02. The molecular formula is C22H25N3O3S. The number of fused-ring (bicyclic) bond motifs is 1. The van der Waals surface area contributed by atoms with Crippen molar-refractivity contribution >= 4 is 26.7 Å². The van der Waals surface area contributed by atoms with Crippen LogP contribution < -0.4 is 9.64 Å². The molecule has 0 aliphatic carbocycles. The third-order valence-corrected chi connectivity index (χ3v) is 7.33. The van der Waals surface area contributed by atoms with Crippen LogP contribution in [0.4, 0.5) is 5.82 Å². The lowest BCUT2D eigenvalue weighted by Gasteiger charge is -2.35. The van der Waals surface area contributed by atoms with E-state index in [0.717, 1.165) is 22.3 Å². The molecule has 1 aliphatic heterocycles. The lowest BCUT2D eigenvalue weighted by Crippen LogP contribution is -2.49. The van der Waals surface area contributed by atoms with Gasteiger partial charge in [-0.2, -0.15) is 4.31 Å². The number of sulfonamides is 1. The van der Waals surface area contributed by atoms with Gasteiger partial charge in [0, 0.05) is 31.6 Å². The number of ether oxygens (including phenoxy) is 1. The van der Waals surface area contributed by atoms with E-state index in [-0.39, 0.29) is 4.90 Å². The molecule has 29 heavy (non-hydrogen) atoms. The van der Waals surface area contributed by atoms with Gasteiger partial charge in [0.15, 0.2) is 0 Å². The van der Waals surface area contributed by atoms with Crippen LogP contribution in [0.15, 0.2) is 53.4 Å². The third-order valence-electron chi connectivity index (χ3n) is 5.41. The Morgan fingerprint density at radius 1 is 0.966 bits per heavy atom. The molecule has 0 atom stereocenters. The first-order chi connectivity index (χ1) is 13.9. The van der Waals surface area contributed by atoms with E-state index in [9.17, 15) is 8.42 Å². The zero-order chi connectivity index (χ0) is 20.6. The number of benzene rings is 2. The zero-order valence-electron chi connectivity index (χ0n) is 16.9. The molecule has 1 fully saturated rings. The average Bonchev–Trinajstić information content (AvgIpc) is 2.74. The van der Waals surface area contributed by atoms with Crippen molar-refractivity contribution in [1.29, 1.82) is 0 Å². The average molecular weight is 412 g/mol. The van der Waals surface area contributed by atoms with Crippen LogP contribution in [0.1, 0.15) is 11.1 Å². The predicted molar refractivity (Wildman–Crippen MR) is 115 cm³/mol. The molecule has 0 spiro atoms. The van der Waals surface area contributed by atoms with Gasteiger partial charge in [0.1, 0.15) is 16.5 Å². The van der Waals surface area contributed by atoms with Crippen LogP contribution in [-0.2, 0) is 10.0 Å². The fraction of sp³-hybridized carbons (Fsp3) is 0.318. The summed E-state index contributed by atoms with van der Waals surface area (Å²) in [4.78, 5) is 7.16. The number of pyridine rings is 1. The highest BCUT2D eigenvalue weighted by molar-refractivity contribution is 7.89. The summed E-state index contributed by atoms with van der Waals surface area (Å²) in [5, 5.41) is 1.14. The van der Waals surface area contributed by atoms with E-state index in [1.54, 1.807) is 12.1 Å². The van der Waals surface area contributed by atoms with Gasteiger partial charge in [0.05, 0.1) is 12.6 Å². The van der Waals surface area contributed by atoms with Gasteiger partial charge in [-0.15, -0.1) is 0 Å². The number of hydrogen-bond donors (Lipinski definition) is 0. The van der Waals surface area contributed by atoms with E-state index in [0.29, 0.717) is 31.9 Å². The minimum Gasteiger partial charge on any atom is -0.495 e. The van der Waals surface area contributed by atoms with Crippen molar-refractivity contribution in [3.8, 4) is 5.75 Å². The van der Waals surface area contributed by atoms with Crippen LogP contribution in [0.2, 0.25) is 0 Å². The van der Waals surface area contributed by atoms with Crippen molar-refractivity contribution in [2.75, 3.05) is 38.2 Å². The van der Waals surface area contributed by atoms with E-state index < -0.39 is 10.0 Å². The SMILES string of the molecule is COc1ccc(C)cc1S(=O)(=O)N1CCN(c2cc(C)c3ccccc3n2)CC1. The highest BCUT2D eigenvalue weighted by Crippen LogP contribution is 2.29. The number of para-hydroxylation sites is 1. The quantitative estimate of drug-likeness (QED) is 0.659. The Kier molecular flexibility index (Phi) is 5.19. The number of aromatic nitrogens is 1. The van der Waals surface area contributed by atoms with Gasteiger partial charge >= 0.3 is 0 Å². The summed E-state index contributed by atoms with van der Waals surface area (Å²) in [6, 6.07) is 15.4. The smallest absolute Gasteiger partial charge is 0.246 e. The Balaban J connectivity index is 1.56. The maximum absolute atomic E-state index is 13.2. The Morgan fingerprint density at radius 2 is 1.69 bits per heavy atom. The van der Waals surface area contributed by atoms with Gasteiger partial charge in [-0.1, -0.05) is 24.3 Å². The van der Waals surface area contributed by atoms with Crippen molar-refractivity contribution < 1.29 is 13.2 Å². The van der Waals surface area contributed by atoms with E-state index in [1.165, 1.54) is 17.0 Å². The summed E-state index contributed by atoms with van der Waals surface area (Å²) in [5.74, 6) is 1.27. The molecule has 0 unspecified atom stereocenters. The Bertz CT molecular complexity index is 1150. The fourth-order valence-electron chi connectivity index (χ4n) is 3.78. The first-order valence-electron chi connectivity index (χ1n) is 9.66. The molecule has 7 heteroatoms. The number of hydrogen-bond acceptors (Lipinski definition) is 5. The largest absolute Gasteiger partial charge is 0.495 e. The topological polar surface area (TPSA) is 62.7 Å². The highest BCUT2D eigenvalue weighted by atomic mass is 32.2. The molecular weight excluding hydrogens is 386 g/mol. The fourth-order valence-corrected chi connectivity index (χ4v) is 5.44. The Morgan fingerprint density at radius 3 is 2.41 bits per heavy atom. The number of nitrogens with zero attached hydrogens (tertiary/aromatic N) is 3. The van der Waals surface area contributed by atoms with Gasteiger partial charge in [0.2, 0.25) is 10.0 Å². The second kappa shape index (κ2) is 7.65. The van der Waals surface area contributed by atoms with Crippen LogP contribution in [0, 0.1) is 13.8 Å². The summed E-state index contributed by atoms with van der Waals surface area (Å²) in [6.45, 7) is 5.97. The highest BCUT2D eigenvalue weighted by Gasteiger charge is 2.31. The predicted octanol–water partition coefficient (Wildman–Crippen LogP) is 3.37.